The third-order valence-corrected chi connectivity index (χ3v) is 9.71. The molecule has 3 N–H and O–H groups in total. The van der Waals surface area contributed by atoms with Gasteiger partial charge in [-0.1, -0.05) is 102 Å². The highest BCUT2D eigenvalue weighted by atomic mass is 32.2. The summed E-state index contributed by atoms with van der Waals surface area (Å²) in [6, 6.07) is 11.6. The fourth-order valence-corrected chi connectivity index (χ4v) is 6.84. The Morgan fingerprint density at radius 2 is 1.07 bits per heavy atom. The Morgan fingerprint density at radius 3 is 1.47 bits per heavy atom. The number of aryl methyl sites for hydroxylation is 4. The van der Waals surface area contributed by atoms with Crippen LogP contribution >= 0.6 is 35.3 Å². The number of nitrogens with one attached hydrogen (secondary N) is 3. The molecule has 1 aliphatic rings. The van der Waals surface area contributed by atoms with Gasteiger partial charge in [-0.2, -0.15) is 15.0 Å². The standard InChI is InChI=1S/C33H38N6O3S3/c1-19-10-7-11-20(2)28(19)34-25(40)16-43-31-37-32(44-17-26(41)35-29-21(3)12-8-13-22(29)4)39-33(38-31)45-18-27(42)36-30-23(5)14-9-15-24(30)6/h7-15,19,28H,16-18H2,1-6H3,(H,34,40)(H,35,41)(H,36,42)/t19-,28+/m1/s1. The summed E-state index contributed by atoms with van der Waals surface area (Å²) >= 11 is 3.54. The second-order valence-corrected chi connectivity index (χ2v) is 13.7. The molecule has 1 aliphatic carbocycles. The minimum Gasteiger partial charge on any atom is -0.348 e. The van der Waals surface area contributed by atoms with Crippen LogP contribution in [0.5, 0.6) is 0 Å². The van der Waals surface area contributed by atoms with Gasteiger partial charge in [0.05, 0.1) is 23.3 Å². The van der Waals surface area contributed by atoms with Gasteiger partial charge in [0.2, 0.25) is 17.7 Å². The number of hydrogen-bond donors (Lipinski definition) is 3. The lowest BCUT2D eigenvalue weighted by atomic mass is 9.91. The van der Waals surface area contributed by atoms with E-state index in [1.807, 2.05) is 83.2 Å². The first-order chi connectivity index (χ1) is 21.5. The van der Waals surface area contributed by atoms with Gasteiger partial charge < -0.3 is 16.0 Å². The Kier molecular flexibility index (Phi) is 12.3. The predicted octanol–water partition coefficient (Wildman–Crippen LogP) is 6.30. The molecule has 0 spiro atoms. The minimum atomic E-state index is -0.187. The van der Waals surface area contributed by atoms with E-state index in [9.17, 15) is 14.4 Å². The maximum absolute atomic E-state index is 12.9. The molecule has 0 saturated heterocycles. The van der Waals surface area contributed by atoms with E-state index in [0.717, 1.165) is 39.2 Å². The highest BCUT2D eigenvalue weighted by Crippen LogP contribution is 2.26. The topological polar surface area (TPSA) is 126 Å². The van der Waals surface area contributed by atoms with E-state index >= 15 is 0 Å². The molecule has 0 aliphatic heterocycles. The molecule has 9 nitrogen and oxygen atoms in total. The van der Waals surface area contributed by atoms with E-state index in [0.29, 0.717) is 15.5 Å². The second-order valence-electron chi connectivity index (χ2n) is 10.9. The van der Waals surface area contributed by atoms with Crippen molar-refractivity contribution in [3.8, 4) is 0 Å². The first kappa shape index (κ1) is 34.3. The molecule has 0 saturated carbocycles. The second kappa shape index (κ2) is 16.1. The average molecular weight is 663 g/mol. The van der Waals surface area contributed by atoms with Gasteiger partial charge in [0.25, 0.3) is 0 Å². The molecule has 1 heterocycles. The highest BCUT2D eigenvalue weighted by molar-refractivity contribution is 8.01. The molecular formula is C33H38N6O3S3. The van der Waals surface area contributed by atoms with Gasteiger partial charge in [-0.25, -0.2) is 0 Å². The van der Waals surface area contributed by atoms with Crippen LogP contribution in [0, 0.1) is 33.6 Å². The van der Waals surface area contributed by atoms with Crippen LogP contribution in [-0.4, -0.2) is 56.0 Å². The van der Waals surface area contributed by atoms with Crippen molar-refractivity contribution in [3.05, 3.63) is 82.5 Å². The minimum absolute atomic E-state index is 0.0653. The zero-order chi connectivity index (χ0) is 32.5. The SMILES string of the molecule is CC1=CC=C[C@@H](C)[C@@H]1NC(=O)CSc1nc(SCC(=O)Nc2c(C)cccc2C)nc(SCC(=O)Nc2c(C)cccc2C)n1. The van der Waals surface area contributed by atoms with Gasteiger partial charge in [-0.3, -0.25) is 14.4 Å². The monoisotopic (exact) mass is 662 g/mol. The van der Waals surface area contributed by atoms with E-state index < -0.39 is 0 Å². The number of para-hydroxylation sites is 2. The Bertz CT molecular complexity index is 1510. The molecule has 0 radical (unpaired) electrons. The molecule has 2 atom stereocenters. The Balaban J connectivity index is 1.44. The normalized spacial score (nSPS) is 15.7. The van der Waals surface area contributed by atoms with Crippen molar-refractivity contribution in [3.63, 3.8) is 0 Å². The van der Waals surface area contributed by atoms with Crippen molar-refractivity contribution >= 4 is 64.4 Å². The summed E-state index contributed by atoms with van der Waals surface area (Å²) in [5.74, 6) is -0.0454. The molecule has 3 amide bonds. The molecule has 0 unspecified atom stereocenters. The van der Waals surface area contributed by atoms with E-state index in [2.05, 4.69) is 43.9 Å². The summed E-state index contributed by atoms with van der Waals surface area (Å²) < 4.78 is 0. The first-order valence-electron chi connectivity index (χ1n) is 14.5. The summed E-state index contributed by atoms with van der Waals surface area (Å²) in [7, 11) is 0. The lowest BCUT2D eigenvalue weighted by Gasteiger charge is -2.26. The summed E-state index contributed by atoms with van der Waals surface area (Å²) in [4.78, 5) is 52.1. The number of carbonyl (C=O) groups is 3. The molecule has 45 heavy (non-hydrogen) atoms. The third kappa shape index (κ3) is 9.94. The van der Waals surface area contributed by atoms with Gasteiger partial charge in [0.15, 0.2) is 15.5 Å². The van der Waals surface area contributed by atoms with Crippen LogP contribution in [0.2, 0.25) is 0 Å². The number of allylic oxidation sites excluding steroid dienone is 2. The molecular weight excluding hydrogens is 625 g/mol. The molecule has 4 rings (SSSR count). The average Bonchev–Trinajstić information content (AvgIpc) is 3.00. The van der Waals surface area contributed by atoms with Crippen LogP contribution in [-0.2, 0) is 14.4 Å². The predicted molar refractivity (Wildman–Crippen MR) is 185 cm³/mol. The number of amides is 3. The molecule has 3 aromatic rings. The lowest BCUT2D eigenvalue weighted by molar-refractivity contribution is -0.119. The summed E-state index contributed by atoms with van der Waals surface area (Å²) in [5.41, 5.74) is 6.60. The van der Waals surface area contributed by atoms with Crippen molar-refractivity contribution < 1.29 is 14.4 Å². The Hall–Kier alpha value is -3.61. The number of hydrogen-bond acceptors (Lipinski definition) is 9. The third-order valence-electron chi connectivity index (χ3n) is 7.17. The number of benzene rings is 2. The van der Waals surface area contributed by atoms with E-state index in [1.54, 1.807) is 0 Å². The van der Waals surface area contributed by atoms with Gasteiger partial charge >= 0.3 is 0 Å². The zero-order valence-electron chi connectivity index (χ0n) is 26.3. The van der Waals surface area contributed by atoms with E-state index in [1.165, 1.54) is 35.3 Å². The summed E-state index contributed by atoms with van der Waals surface area (Å²) in [5, 5.41) is 10.1. The number of rotatable bonds is 12. The van der Waals surface area contributed by atoms with E-state index in [-0.39, 0.29) is 46.9 Å². The summed E-state index contributed by atoms with van der Waals surface area (Å²) in [6.07, 6.45) is 6.08. The molecule has 1 aromatic heterocycles. The van der Waals surface area contributed by atoms with Crippen LogP contribution in [0.3, 0.4) is 0 Å². The van der Waals surface area contributed by atoms with Crippen molar-refractivity contribution in [2.24, 2.45) is 5.92 Å². The Labute approximate surface area is 277 Å². The van der Waals surface area contributed by atoms with Crippen LogP contribution < -0.4 is 16.0 Å². The number of aromatic nitrogens is 3. The van der Waals surface area contributed by atoms with Gasteiger partial charge in [0, 0.05) is 11.4 Å². The van der Waals surface area contributed by atoms with Crippen LogP contribution in [0.25, 0.3) is 0 Å². The smallest absolute Gasteiger partial charge is 0.234 e. The number of carbonyl (C=O) groups excluding carboxylic acids is 3. The fraction of sp³-hybridized carbons (Fsp3) is 0.333. The molecule has 236 valence electrons. The quantitative estimate of drug-likeness (QED) is 0.192. The van der Waals surface area contributed by atoms with Crippen molar-refractivity contribution in [2.45, 2.75) is 63.1 Å². The van der Waals surface area contributed by atoms with Gasteiger partial charge in [0.1, 0.15) is 0 Å². The number of anilines is 2. The molecule has 0 bridgehead atoms. The van der Waals surface area contributed by atoms with E-state index in [4.69, 9.17) is 0 Å². The maximum Gasteiger partial charge on any atom is 0.234 e. The highest BCUT2D eigenvalue weighted by Gasteiger charge is 2.22. The van der Waals surface area contributed by atoms with Crippen molar-refractivity contribution in [1.29, 1.82) is 0 Å². The Morgan fingerprint density at radius 1 is 0.667 bits per heavy atom. The van der Waals surface area contributed by atoms with Gasteiger partial charge in [-0.05, 0) is 62.8 Å². The fourth-order valence-electron chi connectivity index (χ4n) is 4.75. The lowest BCUT2D eigenvalue weighted by Crippen LogP contribution is -2.41. The van der Waals surface area contributed by atoms with Crippen LogP contribution in [0.15, 0.2) is 75.7 Å². The maximum atomic E-state index is 12.9. The number of thioether (sulfide) groups is 3. The first-order valence-corrected chi connectivity index (χ1v) is 17.5. The van der Waals surface area contributed by atoms with Gasteiger partial charge in [-0.15, -0.1) is 0 Å². The van der Waals surface area contributed by atoms with Crippen LogP contribution in [0.4, 0.5) is 11.4 Å². The number of nitrogens with zero attached hydrogens (tertiary/aromatic N) is 3. The summed E-state index contributed by atoms with van der Waals surface area (Å²) in [6.45, 7) is 11.9. The molecule has 2 aromatic carbocycles. The molecule has 0 fully saturated rings. The molecule has 12 heteroatoms. The zero-order valence-corrected chi connectivity index (χ0v) is 28.7. The van der Waals surface area contributed by atoms with Crippen LogP contribution in [0.1, 0.15) is 36.1 Å². The largest absolute Gasteiger partial charge is 0.348 e. The van der Waals surface area contributed by atoms with Crippen molar-refractivity contribution in [1.82, 2.24) is 20.3 Å². The van der Waals surface area contributed by atoms with Crippen molar-refractivity contribution in [2.75, 3.05) is 27.9 Å².